The molecular formula is C8H14N4. The van der Waals surface area contributed by atoms with Gasteiger partial charge in [0.05, 0.1) is 0 Å². The van der Waals surface area contributed by atoms with Crippen molar-refractivity contribution in [1.82, 2.24) is 15.3 Å². The van der Waals surface area contributed by atoms with Crippen molar-refractivity contribution >= 4 is 5.95 Å². The predicted octanol–water partition coefficient (Wildman–Crippen LogP) is 0.208. The van der Waals surface area contributed by atoms with Crippen molar-refractivity contribution in [2.24, 2.45) is 0 Å². The Bertz CT molecular complexity index is 225. The maximum atomic E-state index is 4.20. The summed E-state index contributed by atoms with van der Waals surface area (Å²) in [6.07, 6.45) is 4.85. The minimum Gasteiger partial charge on any atom is -0.341 e. The van der Waals surface area contributed by atoms with Gasteiger partial charge in [-0.1, -0.05) is 0 Å². The molecule has 2 heterocycles. The zero-order valence-corrected chi connectivity index (χ0v) is 7.25. The second-order valence-corrected chi connectivity index (χ2v) is 3.17. The maximum Gasteiger partial charge on any atom is 0.202 e. The number of aromatic nitrogens is 2. The van der Waals surface area contributed by atoms with Gasteiger partial charge in [0.2, 0.25) is 5.95 Å². The molecule has 0 aliphatic carbocycles. The number of H-pyrrole nitrogens is 1. The van der Waals surface area contributed by atoms with Crippen molar-refractivity contribution in [2.75, 3.05) is 25.0 Å². The third kappa shape index (κ3) is 1.30. The SMILES string of the molecule is CN(c1ncc[nH]1)C1CCNC1. The topological polar surface area (TPSA) is 44.0 Å². The van der Waals surface area contributed by atoms with Crippen LogP contribution in [0, 0.1) is 0 Å². The molecule has 66 valence electrons. The Balaban J connectivity index is 2.04. The van der Waals surface area contributed by atoms with Crippen LogP contribution in [-0.4, -0.2) is 36.1 Å². The predicted molar refractivity (Wildman–Crippen MR) is 48.3 cm³/mol. The van der Waals surface area contributed by atoms with Gasteiger partial charge >= 0.3 is 0 Å². The highest BCUT2D eigenvalue weighted by molar-refractivity contribution is 5.29. The molecule has 0 saturated carbocycles. The highest BCUT2D eigenvalue weighted by atomic mass is 15.3. The van der Waals surface area contributed by atoms with E-state index in [2.05, 4.69) is 27.2 Å². The van der Waals surface area contributed by atoms with Gasteiger partial charge in [-0.3, -0.25) is 0 Å². The molecule has 4 heteroatoms. The van der Waals surface area contributed by atoms with Crippen molar-refractivity contribution in [1.29, 1.82) is 0 Å². The van der Waals surface area contributed by atoms with E-state index >= 15 is 0 Å². The van der Waals surface area contributed by atoms with Crippen molar-refractivity contribution in [3.8, 4) is 0 Å². The van der Waals surface area contributed by atoms with Gasteiger partial charge in [-0.25, -0.2) is 4.98 Å². The maximum absolute atomic E-state index is 4.20. The molecule has 1 aliphatic heterocycles. The van der Waals surface area contributed by atoms with E-state index in [1.54, 1.807) is 6.20 Å². The first kappa shape index (κ1) is 7.61. The lowest BCUT2D eigenvalue weighted by Gasteiger charge is -2.22. The van der Waals surface area contributed by atoms with Crippen LogP contribution in [0.4, 0.5) is 5.95 Å². The first-order valence-corrected chi connectivity index (χ1v) is 4.31. The Labute approximate surface area is 72.0 Å². The molecule has 1 unspecified atom stereocenters. The first-order valence-electron chi connectivity index (χ1n) is 4.31. The standard InChI is InChI=1S/C8H14N4/c1-12(7-2-3-9-6-7)8-10-4-5-11-8/h4-5,7,9H,2-3,6H2,1H3,(H,10,11). The van der Waals surface area contributed by atoms with Crippen LogP contribution in [0.1, 0.15) is 6.42 Å². The number of anilines is 1. The molecule has 1 atom stereocenters. The van der Waals surface area contributed by atoms with Gasteiger partial charge < -0.3 is 15.2 Å². The number of hydrogen-bond donors (Lipinski definition) is 2. The Hall–Kier alpha value is -1.03. The molecule has 0 bridgehead atoms. The van der Waals surface area contributed by atoms with Gasteiger partial charge in [0.1, 0.15) is 0 Å². The van der Waals surface area contributed by atoms with Gasteiger partial charge in [-0.15, -0.1) is 0 Å². The zero-order valence-electron chi connectivity index (χ0n) is 7.25. The summed E-state index contributed by atoms with van der Waals surface area (Å²) >= 11 is 0. The molecule has 2 N–H and O–H groups in total. The summed E-state index contributed by atoms with van der Waals surface area (Å²) in [5.74, 6) is 0.962. The van der Waals surface area contributed by atoms with Crippen LogP contribution in [0.2, 0.25) is 0 Å². The van der Waals surface area contributed by atoms with E-state index < -0.39 is 0 Å². The lowest BCUT2D eigenvalue weighted by Crippen LogP contribution is -2.33. The number of nitrogens with one attached hydrogen (secondary N) is 2. The quantitative estimate of drug-likeness (QED) is 0.660. The van der Waals surface area contributed by atoms with Crippen molar-refractivity contribution in [3.05, 3.63) is 12.4 Å². The third-order valence-corrected chi connectivity index (χ3v) is 2.40. The van der Waals surface area contributed by atoms with E-state index in [9.17, 15) is 0 Å². The van der Waals surface area contributed by atoms with Gasteiger partial charge in [-0.05, 0) is 13.0 Å². The molecule has 12 heavy (non-hydrogen) atoms. The number of aromatic amines is 1. The average molecular weight is 166 g/mol. The summed E-state index contributed by atoms with van der Waals surface area (Å²) in [7, 11) is 2.08. The summed E-state index contributed by atoms with van der Waals surface area (Å²) in [5, 5.41) is 3.33. The molecule has 1 fully saturated rings. The molecule has 4 nitrogen and oxygen atoms in total. The van der Waals surface area contributed by atoms with E-state index in [1.165, 1.54) is 6.42 Å². The molecule has 2 rings (SSSR count). The van der Waals surface area contributed by atoms with E-state index in [0.717, 1.165) is 19.0 Å². The second kappa shape index (κ2) is 3.15. The van der Waals surface area contributed by atoms with Crippen LogP contribution in [-0.2, 0) is 0 Å². The largest absolute Gasteiger partial charge is 0.341 e. The van der Waals surface area contributed by atoms with Gasteiger partial charge in [0.15, 0.2) is 0 Å². The molecule has 1 saturated heterocycles. The smallest absolute Gasteiger partial charge is 0.202 e. The van der Waals surface area contributed by atoms with Crippen LogP contribution < -0.4 is 10.2 Å². The fraction of sp³-hybridized carbons (Fsp3) is 0.625. The fourth-order valence-electron chi connectivity index (χ4n) is 1.59. The van der Waals surface area contributed by atoms with Gasteiger partial charge in [0, 0.05) is 32.0 Å². The van der Waals surface area contributed by atoms with Crippen LogP contribution in [0.5, 0.6) is 0 Å². The Morgan fingerprint density at radius 2 is 2.58 bits per heavy atom. The van der Waals surface area contributed by atoms with Gasteiger partial charge in [-0.2, -0.15) is 0 Å². The summed E-state index contributed by atoms with van der Waals surface area (Å²) in [6, 6.07) is 0.594. The summed E-state index contributed by atoms with van der Waals surface area (Å²) in [4.78, 5) is 9.50. The number of nitrogens with zero attached hydrogens (tertiary/aromatic N) is 2. The van der Waals surface area contributed by atoms with Crippen molar-refractivity contribution in [3.63, 3.8) is 0 Å². The minimum absolute atomic E-state index is 0.594. The van der Waals surface area contributed by atoms with Crippen LogP contribution in [0.25, 0.3) is 0 Å². The summed E-state index contributed by atoms with van der Waals surface area (Å²) < 4.78 is 0. The Kier molecular flexibility index (Phi) is 1.99. The monoisotopic (exact) mass is 166 g/mol. The van der Waals surface area contributed by atoms with Crippen LogP contribution in [0.15, 0.2) is 12.4 Å². The summed E-state index contributed by atoms with van der Waals surface area (Å²) in [6.45, 7) is 2.19. The zero-order chi connectivity index (χ0) is 8.39. The molecule has 1 aromatic rings. The van der Waals surface area contributed by atoms with E-state index in [4.69, 9.17) is 0 Å². The minimum atomic E-state index is 0.594. The number of likely N-dealkylation sites (N-methyl/N-ethyl adjacent to an activating group) is 1. The van der Waals surface area contributed by atoms with Crippen molar-refractivity contribution in [2.45, 2.75) is 12.5 Å². The fourth-order valence-corrected chi connectivity index (χ4v) is 1.59. The third-order valence-electron chi connectivity index (χ3n) is 2.40. The first-order chi connectivity index (χ1) is 5.88. The van der Waals surface area contributed by atoms with Gasteiger partial charge in [0.25, 0.3) is 0 Å². The molecule has 0 aromatic carbocycles. The van der Waals surface area contributed by atoms with Crippen LogP contribution >= 0.6 is 0 Å². The van der Waals surface area contributed by atoms with E-state index in [-0.39, 0.29) is 0 Å². The molecule has 1 aromatic heterocycles. The molecule has 0 radical (unpaired) electrons. The number of hydrogen-bond acceptors (Lipinski definition) is 3. The molecule has 0 amide bonds. The second-order valence-electron chi connectivity index (χ2n) is 3.17. The number of rotatable bonds is 2. The highest BCUT2D eigenvalue weighted by Gasteiger charge is 2.20. The molecule has 0 spiro atoms. The van der Waals surface area contributed by atoms with E-state index in [0.29, 0.717) is 6.04 Å². The normalized spacial score (nSPS) is 22.9. The highest BCUT2D eigenvalue weighted by Crippen LogP contribution is 2.12. The number of imidazole rings is 1. The summed E-state index contributed by atoms with van der Waals surface area (Å²) in [5.41, 5.74) is 0. The Morgan fingerprint density at radius 1 is 1.67 bits per heavy atom. The molecular weight excluding hydrogens is 152 g/mol. The molecule has 1 aliphatic rings. The lowest BCUT2D eigenvalue weighted by atomic mass is 10.2. The lowest BCUT2D eigenvalue weighted by molar-refractivity contribution is 0.672. The van der Waals surface area contributed by atoms with Crippen LogP contribution in [0.3, 0.4) is 0 Å². The average Bonchev–Trinajstić information content (AvgIpc) is 2.77. The Morgan fingerprint density at radius 3 is 3.17 bits per heavy atom. The van der Waals surface area contributed by atoms with Crippen molar-refractivity contribution < 1.29 is 0 Å². The van der Waals surface area contributed by atoms with E-state index in [1.807, 2.05) is 6.20 Å².